The van der Waals surface area contributed by atoms with Crippen LogP contribution in [0.2, 0.25) is 5.02 Å². The van der Waals surface area contributed by atoms with Crippen LogP contribution in [0.1, 0.15) is 10.5 Å². The number of halogens is 3. The predicted octanol–water partition coefficient (Wildman–Crippen LogP) is 3.53. The van der Waals surface area contributed by atoms with Gasteiger partial charge in [-0.2, -0.15) is 0 Å². The molecule has 0 bridgehead atoms. The Kier molecular flexibility index (Phi) is 4.30. The lowest BCUT2D eigenvalue weighted by molar-refractivity contribution is 0.0551. The summed E-state index contributed by atoms with van der Waals surface area (Å²) in [7, 11) is 0. The molecule has 0 amide bonds. The molecular weight excluding hydrogens is 352 g/mol. The van der Waals surface area contributed by atoms with Crippen molar-refractivity contribution in [2.45, 2.75) is 0 Å². The lowest BCUT2D eigenvalue weighted by Crippen LogP contribution is -2.11. The van der Waals surface area contributed by atoms with Crippen LogP contribution in [-0.4, -0.2) is 22.5 Å². The Morgan fingerprint density at radius 3 is 2.92 bits per heavy atom. The van der Waals surface area contributed by atoms with Crippen LogP contribution >= 0.6 is 11.6 Å². The Labute approximate surface area is 145 Å². The summed E-state index contributed by atoms with van der Waals surface area (Å²) in [5, 5.41) is 0.109. The summed E-state index contributed by atoms with van der Waals surface area (Å²) in [6.07, 6.45) is 7.62. The molecule has 25 heavy (non-hydrogen) atoms. The van der Waals surface area contributed by atoms with Crippen LogP contribution in [0.15, 0.2) is 24.5 Å². The minimum atomic E-state index is -1.05. The van der Waals surface area contributed by atoms with Crippen molar-refractivity contribution in [1.29, 1.82) is 0 Å². The zero-order valence-electron chi connectivity index (χ0n) is 12.6. The number of esters is 1. The van der Waals surface area contributed by atoms with Crippen molar-refractivity contribution < 1.29 is 18.3 Å². The Balaban J connectivity index is 2.28. The number of hydrogen-bond acceptors (Lipinski definition) is 4. The molecule has 3 aromatic rings. The third kappa shape index (κ3) is 2.66. The summed E-state index contributed by atoms with van der Waals surface area (Å²) in [4.78, 5) is 18.5. The minimum Gasteiger partial charge on any atom is -0.448 e. The van der Waals surface area contributed by atoms with Crippen molar-refractivity contribution in [2.24, 2.45) is 0 Å². The Morgan fingerprint density at radius 1 is 1.44 bits per heavy atom. The van der Waals surface area contributed by atoms with Crippen LogP contribution in [0.3, 0.4) is 0 Å². The summed E-state index contributed by atoms with van der Waals surface area (Å²) in [5.74, 6) is -0.781. The second-order valence-corrected chi connectivity index (χ2v) is 5.39. The second kappa shape index (κ2) is 6.42. The van der Waals surface area contributed by atoms with Crippen LogP contribution < -0.4 is 5.73 Å². The molecule has 3 rings (SSSR count). The first-order valence-electron chi connectivity index (χ1n) is 6.96. The fourth-order valence-corrected chi connectivity index (χ4v) is 2.73. The summed E-state index contributed by atoms with van der Waals surface area (Å²) < 4.78 is 34.5. The molecule has 0 saturated heterocycles. The molecule has 0 aliphatic rings. The second-order valence-electron chi connectivity index (χ2n) is 4.98. The van der Waals surface area contributed by atoms with Gasteiger partial charge in [0.15, 0.2) is 23.9 Å². The molecule has 2 heterocycles. The summed E-state index contributed by atoms with van der Waals surface area (Å²) in [6.45, 7) is -0.298. The van der Waals surface area contributed by atoms with Gasteiger partial charge in [-0.05, 0) is 6.07 Å². The van der Waals surface area contributed by atoms with Crippen LogP contribution in [0.5, 0.6) is 0 Å². The number of nitrogens with zero attached hydrogens (tertiary/aromatic N) is 1. The SMILES string of the molecule is C#CCOC(=O)c1ncccc1-c1c(F)c(N)c2c(Cl)c[nH]c2c1F. The number of hydrogen-bond donors (Lipinski definition) is 2. The van der Waals surface area contributed by atoms with Gasteiger partial charge in [0, 0.05) is 23.3 Å². The normalized spacial score (nSPS) is 10.6. The summed E-state index contributed by atoms with van der Waals surface area (Å²) in [5.41, 5.74) is 4.44. The van der Waals surface area contributed by atoms with E-state index in [-0.39, 0.29) is 39.5 Å². The van der Waals surface area contributed by atoms with E-state index in [0.717, 1.165) is 0 Å². The first-order chi connectivity index (χ1) is 12.0. The molecule has 0 fully saturated rings. The van der Waals surface area contributed by atoms with Gasteiger partial charge in [-0.15, -0.1) is 6.42 Å². The molecule has 0 atom stereocenters. The van der Waals surface area contributed by atoms with E-state index in [1.165, 1.54) is 24.5 Å². The molecule has 8 heteroatoms. The third-order valence-electron chi connectivity index (χ3n) is 3.55. The fourth-order valence-electron chi connectivity index (χ4n) is 2.48. The van der Waals surface area contributed by atoms with Crippen molar-refractivity contribution in [3.63, 3.8) is 0 Å². The Morgan fingerprint density at radius 2 is 2.20 bits per heavy atom. The Hall–Kier alpha value is -3.11. The van der Waals surface area contributed by atoms with E-state index in [1.807, 2.05) is 0 Å². The maximum Gasteiger partial charge on any atom is 0.358 e. The Bertz CT molecular complexity index is 1040. The van der Waals surface area contributed by atoms with Crippen LogP contribution in [0, 0.1) is 24.0 Å². The molecule has 1 aromatic carbocycles. The first-order valence-corrected chi connectivity index (χ1v) is 7.34. The number of nitrogens with two attached hydrogens (primary N) is 1. The van der Waals surface area contributed by atoms with Gasteiger partial charge in [-0.1, -0.05) is 23.6 Å². The van der Waals surface area contributed by atoms with E-state index in [1.54, 1.807) is 0 Å². The fraction of sp³-hybridized carbons (Fsp3) is 0.0588. The van der Waals surface area contributed by atoms with Gasteiger partial charge in [-0.25, -0.2) is 18.6 Å². The van der Waals surface area contributed by atoms with Crippen molar-refractivity contribution in [3.8, 4) is 23.5 Å². The minimum absolute atomic E-state index is 0.0285. The van der Waals surface area contributed by atoms with Crippen LogP contribution in [-0.2, 0) is 4.74 Å². The number of pyridine rings is 1. The molecular formula is C17H10ClF2N3O2. The van der Waals surface area contributed by atoms with Crippen LogP contribution in [0.25, 0.3) is 22.0 Å². The lowest BCUT2D eigenvalue weighted by atomic mass is 9.99. The molecule has 0 radical (unpaired) electrons. The largest absolute Gasteiger partial charge is 0.448 e. The standard InChI is InChI=1S/C17H10ClF2N3O2/c1-2-6-25-17(24)15-8(4-3-5-22-15)10-12(19)14(21)11-9(18)7-23-16(11)13(10)20/h1,3-5,7,23H,6,21H2. The van der Waals surface area contributed by atoms with Gasteiger partial charge < -0.3 is 15.5 Å². The van der Waals surface area contributed by atoms with E-state index in [2.05, 4.69) is 15.9 Å². The van der Waals surface area contributed by atoms with E-state index in [9.17, 15) is 13.6 Å². The van der Waals surface area contributed by atoms with Gasteiger partial charge in [-0.3, -0.25) is 0 Å². The monoisotopic (exact) mass is 361 g/mol. The molecule has 3 N–H and O–H groups in total. The summed E-state index contributed by atoms with van der Waals surface area (Å²) >= 11 is 5.91. The number of benzene rings is 1. The molecule has 0 saturated carbocycles. The highest BCUT2D eigenvalue weighted by molar-refractivity contribution is 6.36. The van der Waals surface area contributed by atoms with Gasteiger partial charge in [0.05, 0.1) is 21.8 Å². The predicted molar refractivity (Wildman–Crippen MR) is 90.0 cm³/mol. The van der Waals surface area contributed by atoms with Crippen molar-refractivity contribution in [3.05, 3.63) is 46.9 Å². The number of fused-ring (bicyclic) bond motifs is 1. The third-order valence-corrected chi connectivity index (χ3v) is 3.85. The number of nitrogens with one attached hydrogen (secondary N) is 1. The lowest BCUT2D eigenvalue weighted by Gasteiger charge is -2.12. The van der Waals surface area contributed by atoms with Crippen molar-refractivity contribution in [2.75, 3.05) is 12.3 Å². The number of anilines is 1. The highest BCUT2D eigenvalue weighted by Gasteiger charge is 2.26. The zero-order valence-corrected chi connectivity index (χ0v) is 13.3. The number of H-pyrrole nitrogens is 1. The number of aromatic nitrogens is 2. The number of ether oxygens (including phenoxy) is 1. The zero-order chi connectivity index (χ0) is 18.1. The number of nitrogen functional groups attached to an aromatic ring is 1. The number of aromatic amines is 1. The van der Waals surface area contributed by atoms with Gasteiger partial charge >= 0.3 is 5.97 Å². The highest BCUT2D eigenvalue weighted by Crippen LogP contribution is 2.40. The number of carbonyl (C=O) groups is 1. The molecule has 126 valence electrons. The van der Waals surface area contributed by atoms with Crippen molar-refractivity contribution >= 4 is 34.2 Å². The number of terminal acetylenes is 1. The molecule has 2 aromatic heterocycles. The quantitative estimate of drug-likeness (QED) is 0.425. The van der Waals surface area contributed by atoms with Crippen molar-refractivity contribution in [1.82, 2.24) is 9.97 Å². The van der Waals surface area contributed by atoms with Gasteiger partial charge in [0.2, 0.25) is 0 Å². The average Bonchev–Trinajstić information content (AvgIpc) is 3.00. The topological polar surface area (TPSA) is 81.0 Å². The van der Waals surface area contributed by atoms with E-state index in [0.29, 0.717) is 0 Å². The highest BCUT2D eigenvalue weighted by atomic mass is 35.5. The van der Waals surface area contributed by atoms with Gasteiger partial charge in [0.1, 0.15) is 0 Å². The maximum atomic E-state index is 14.9. The molecule has 0 aliphatic heterocycles. The summed E-state index contributed by atoms with van der Waals surface area (Å²) in [6, 6.07) is 2.75. The maximum absolute atomic E-state index is 14.9. The van der Waals surface area contributed by atoms with E-state index in [4.69, 9.17) is 28.5 Å². The van der Waals surface area contributed by atoms with E-state index >= 15 is 0 Å². The molecule has 0 aliphatic carbocycles. The molecule has 0 spiro atoms. The number of carbonyl (C=O) groups excluding carboxylic acids is 1. The number of rotatable bonds is 3. The smallest absolute Gasteiger partial charge is 0.358 e. The molecule has 5 nitrogen and oxygen atoms in total. The van der Waals surface area contributed by atoms with E-state index < -0.39 is 23.2 Å². The van der Waals surface area contributed by atoms with Gasteiger partial charge in [0.25, 0.3) is 0 Å². The first kappa shape index (κ1) is 16.7. The average molecular weight is 362 g/mol. The molecule has 0 unspecified atom stereocenters. The van der Waals surface area contributed by atoms with Crippen LogP contribution in [0.4, 0.5) is 14.5 Å².